The molecule has 0 radical (unpaired) electrons. The Bertz CT molecular complexity index is 878. The molecular formula is C19H21N3O. The topological polar surface area (TPSA) is 39.4 Å². The molecule has 0 saturated carbocycles. The predicted molar refractivity (Wildman–Crippen MR) is 91.1 cm³/mol. The van der Waals surface area contributed by atoms with Crippen LogP contribution < -0.4 is 4.74 Å². The summed E-state index contributed by atoms with van der Waals surface area (Å²) < 4.78 is 7.29. The van der Waals surface area contributed by atoms with E-state index >= 15 is 0 Å². The van der Waals surface area contributed by atoms with Crippen LogP contribution in [0.1, 0.15) is 35.5 Å². The molecule has 1 aromatic carbocycles. The third-order valence-electron chi connectivity index (χ3n) is 4.85. The molecule has 2 aromatic heterocycles. The van der Waals surface area contributed by atoms with Crippen molar-refractivity contribution in [3.63, 3.8) is 0 Å². The molecule has 0 amide bonds. The summed E-state index contributed by atoms with van der Waals surface area (Å²) in [7, 11) is 1.69. The number of aryl methyl sites for hydroxylation is 3. The van der Waals surface area contributed by atoms with Gasteiger partial charge in [-0.1, -0.05) is 12.1 Å². The molecule has 4 nitrogen and oxygen atoms in total. The molecule has 4 rings (SSSR count). The maximum Gasteiger partial charge on any atom is 0.163 e. The van der Waals surface area contributed by atoms with Gasteiger partial charge in [0.15, 0.2) is 5.65 Å². The van der Waals surface area contributed by atoms with Gasteiger partial charge in [0.05, 0.1) is 12.8 Å². The van der Waals surface area contributed by atoms with Crippen molar-refractivity contribution in [3.05, 3.63) is 46.9 Å². The molecule has 0 saturated heterocycles. The lowest BCUT2D eigenvalue weighted by atomic mass is 9.95. The second-order valence-electron chi connectivity index (χ2n) is 6.25. The van der Waals surface area contributed by atoms with Gasteiger partial charge >= 0.3 is 0 Å². The maximum atomic E-state index is 5.26. The lowest BCUT2D eigenvalue weighted by Crippen LogP contribution is -2.12. The van der Waals surface area contributed by atoms with E-state index in [4.69, 9.17) is 14.8 Å². The first-order valence-electron chi connectivity index (χ1n) is 8.21. The number of nitrogens with zero attached hydrogens (tertiary/aromatic N) is 3. The summed E-state index contributed by atoms with van der Waals surface area (Å²) >= 11 is 0. The van der Waals surface area contributed by atoms with Gasteiger partial charge in [0, 0.05) is 17.0 Å². The van der Waals surface area contributed by atoms with Crippen molar-refractivity contribution in [1.82, 2.24) is 14.6 Å². The van der Waals surface area contributed by atoms with E-state index in [1.165, 1.54) is 29.8 Å². The number of ether oxygens (including phenoxy) is 1. The highest BCUT2D eigenvalue weighted by atomic mass is 16.5. The predicted octanol–water partition coefficient (Wildman–Crippen LogP) is 3.90. The normalized spacial score (nSPS) is 14.0. The molecule has 0 spiro atoms. The second kappa shape index (κ2) is 5.37. The fraction of sp³-hybridized carbons (Fsp3) is 0.368. The lowest BCUT2D eigenvalue weighted by Gasteiger charge is -2.17. The highest BCUT2D eigenvalue weighted by Gasteiger charge is 2.20. The van der Waals surface area contributed by atoms with E-state index < -0.39 is 0 Å². The van der Waals surface area contributed by atoms with Crippen molar-refractivity contribution in [2.45, 2.75) is 39.5 Å². The maximum absolute atomic E-state index is 5.26. The molecule has 0 atom stereocenters. The first-order valence-corrected chi connectivity index (χ1v) is 8.21. The molecular weight excluding hydrogens is 286 g/mol. The smallest absolute Gasteiger partial charge is 0.163 e. The van der Waals surface area contributed by atoms with E-state index in [0.717, 1.165) is 41.1 Å². The van der Waals surface area contributed by atoms with E-state index in [0.29, 0.717) is 0 Å². The van der Waals surface area contributed by atoms with Crippen molar-refractivity contribution in [2.75, 3.05) is 7.11 Å². The van der Waals surface area contributed by atoms with Crippen LogP contribution in [0.4, 0.5) is 0 Å². The quantitative estimate of drug-likeness (QED) is 0.721. The van der Waals surface area contributed by atoms with Gasteiger partial charge in [-0.2, -0.15) is 5.10 Å². The van der Waals surface area contributed by atoms with Crippen molar-refractivity contribution in [3.8, 4) is 16.9 Å². The zero-order valence-corrected chi connectivity index (χ0v) is 13.9. The van der Waals surface area contributed by atoms with Gasteiger partial charge in [0.1, 0.15) is 5.75 Å². The highest BCUT2D eigenvalue weighted by molar-refractivity contribution is 5.80. The van der Waals surface area contributed by atoms with E-state index in [9.17, 15) is 0 Å². The van der Waals surface area contributed by atoms with Crippen molar-refractivity contribution < 1.29 is 4.74 Å². The van der Waals surface area contributed by atoms with Crippen LogP contribution in [-0.4, -0.2) is 21.7 Å². The summed E-state index contributed by atoms with van der Waals surface area (Å²) in [6, 6.07) is 8.14. The third kappa shape index (κ3) is 2.21. The summed E-state index contributed by atoms with van der Waals surface area (Å²) in [6.45, 7) is 4.23. The fourth-order valence-corrected chi connectivity index (χ4v) is 3.61. The monoisotopic (exact) mass is 307 g/mol. The van der Waals surface area contributed by atoms with Crippen molar-refractivity contribution >= 4 is 5.65 Å². The van der Waals surface area contributed by atoms with E-state index in [1.807, 2.05) is 16.6 Å². The molecule has 0 fully saturated rings. The van der Waals surface area contributed by atoms with Gasteiger partial charge < -0.3 is 4.74 Å². The van der Waals surface area contributed by atoms with Gasteiger partial charge in [-0.15, -0.1) is 0 Å². The highest BCUT2D eigenvalue weighted by Crippen LogP contribution is 2.32. The van der Waals surface area contributed by atoms with E-state index in [-0.39, 0.29) is 0 Å². The number of methoxy groups -OCH3 is 1. The van der Waals surface area contributed by atoms with Crippen LogP contribution in [0.25, 0.3) is 16.8 Å². The molecule has 0 N–H and O–H groups in total. The van der Waals surface area contributed by atoms with Gasteiger partial charge in [-0.25, -0.2) is 9.50 Å². The van der Waals surface area contributed by atoms with E-state index in [2.05, 4.69) is 26.0 Å². The van der Waals surface area contributed by atoms with Crippen LogP contribution in [0, 0.1) is 13.8 Å². The van der Waals surface area contributed by atoms with Crippen LogP contribution in [0.5, 0.6) is 5.75 Å². The Morgan fingerprint density at radius 3 is 2.52 bits per heavy atom. The standard InChI is InChI=1S/C19H21N3O/c1-12-18(14-8-10-15(23-3)11-9-14)19-20-17-7-5-4-6-16(17)13(2)22(19)21-12/h8-11H,4-7H2,1-3H3. The first-order chi connectivity index (χ1) is 11.2. The molecule has 4 heteroatoms. The third-order valence-corrected chi connectivity index (χ3v) is 4.85. The Kier molecular flexibility index (Phi) is 3.33. The van der Waals surface area contributed by atoms with Crippen LogP contribution in [0.2, 0.25) is 0 Å². The summed E-state index contributed by atoms with van der Waals surface area (Å²) in [6.07, 6.45) is 4.70. The summed E-state index contributed by atoms with van der Waals surface area (Å²) in [4.78, 5) is 4.99. The molecule has 1 aliphatic carbocycles. The zero-order valence-electron chi connectivity index (χ0n) is 13.9. The molecule has 1 aliphatic rings. The minimum Gasteiger partial charge on any atom is -0.497 e. The summed E-state index contributed by atoms with van der Waals surface area (Å²) in [5.74, 6) is 0.865. The first kappa shape index (κ1) is 14.2. The van der Waals surface area contributed by atoms with Crippen LogP contribution in [0.15, 0.2) is 24.3 Å². The van der Waals surface area contributed by atoms with Crippen LogP contribution in [-0.2, 0) is 12.8 Å². The Morgan fingerprint density at radius 2 is 1.78 bits per heavy atom. The molecule has 23 heavy (non-hydrogen) atoms. The van der Waals surface area contributed by atoms with Crippen molar-refractivity contribution in [1.29, 1.82) is 0 Å². The Balaban J connectivity index is 1.95. The molecule has 0 bridgehead atoms. The largest absolute Gasteiger partial charge is 0.497 e. The Labute approximate surface area is 136 Å². The van der Waals surface area contributed by atoms with Crippen molar-refractivity contribution in [2.24, 2.45) is 0 Å². The molecule has 2 heterocycles. The average molecular weight is 307 g/mol. The lowest BCUT2D eigenvalue weighted by molar-refractivity contribution is 0.415. The van der Waals surface area contributed by atoms with Crippen LogP contribution in [0.3, 0.4) is 0 Å². The molecule has 0 unspecified atom stereocenters. The Hall–Kier alpha value is -2.36. The second-order valence-corrected chi connectivity index (χ2v) is 6.25. The fourth-order valence-electron chi connectivity index (χ4n) is 3.61. The molecule has 0 aliphatic heterocycles. The zero-order chi connectivity index (χ0) is 16.0. The molecule has 118 valence electrons. The average Bonchev–Trinajstić information content (AvgIpc) is 2.92. The SMILES string of the molecule is COc1ccc(-c2c(C)nn3c(C)c4c(nc23)CCCC4)cc1. The van der Waals surface area contributed by atoms with Gasteiger partial charge in [0.25, 0.3) is 0 Å². The van der Waals surface area contributed by atoms with E-state index in [1.54, 1.807) is 7.11 Å². The number of rotatable bonds is 2. The number of fused-ring (bicyclic) bond motifs is 2. The summed E-state index contributed by atoms with van der Waals surface area (Å²) in [5, 5.41) is 4.76. The summed E-state index contributed by atoms with van der Waals surface area (Å²) in [5.41, 5.74) is 8.17. The van der Waals surface area contributed by atoms with Gasteiger partial charge in [0.2, 0.25) is 0 Å². The molecule has 3 aromatic rings. The number of hydrogen-bond donors (Lipinski definition) is 0. The van der Waals surface area contributed by atoms with Gasteiger partial charge in [-0.3, -0.25) is 0 Å². The number of hydrogen-bond acceptors (Lipinski definition) is 3. The number of aromatic nitrogens is 3. The Morgan fingerprint density at radius 1 is 1.04 bits per heavy atom. The number of benzene rings is 1. The van der Waals surface area contributed by atoms with Crippen LogP contribution >= 0.6 is 0 Å². The van der Waals surface area contributed by atoms with Gasteiger partial charge in [-0.05, 0) is 62.8 Å². The minimum atomic E-state index is 0.865. The minimum absolute atomic E-state index is 0.865.